The van der Waals surface area contributed by atoms with Crippen molar-refractivity contribution in [3.63, 3.8) is 0 Å². The van der Waals surface area contributed by atoms with E-state index in [2.05, 4.69) is 61.9 Å². The third kappa shape index (κ3) is 5.88. The first-order valence-corrected chi connectivity index (χ1v) is 8.97. The first-order valence-electron chi connectivity index (χ1n) is 8.18. The van der Waals surface area contributed by atoms with Crippen molar-refractivity contribution >= 4 is 45.9 Å². The number of aliphatic imine (C=N–C) groups is 1. The van der Waals surface area contributed by atoms with Crippen molar-refractivity contribution in [2.75, 3.05) is 20.2 Å². The van der Waals surface area contributed by atoms with E-state index in [1.165, 1.54) is 16.7 Å². The van der Waals surface area contributed by atoms with Crippen LogP contribution in [-0.4, -0.2) is 26.2 Å². The maximum atomic E-state index is 5.55. The summed E-state index contributed by atoms with van der Waals surface area (Å²) in [5, 5.41) is 6.70. The van der Waals surface area contributed by atoms with Gasteiger partial charge in [0.1, 0.15) is 5.75 Å². The van der Waals surface area contributed by atoms with Crippen LogP contribution in [0.5, 0.6) is 5.75 Å². The average molecular weight is 516 g/mol. The quantitative estimate of drug-likeness (QED) is 0.360. The van der Waals surface area contributed by atoms with Crippen molar-refractivity contribution in [1.29, 1.82) is 0 Å². The number of benzene rings is 2. The van der Waals surface area contributed by atoms with Crippen molar-refractivity contribution in [3.8, 4) is 5.75 Å². The molecule has 1 aliphatic rings. The van der Waals surface area contributed by atoms with E-state index in [9.17, 15) is 0 Å². The Kier molecular flexibility index (Phi) is 8.02. The summed E-state index contributed by atoms with van der Waals surface area (Å²) in [6.07, 6.45) is 1.99. The van der Waals surface area contributed by atoms with Crippen LogP contribution in [0.1, 0.15) is 16.7 Å². The summed E-state index contributed by atoms with van der Waals surface area (Å²) in [5.74, 6) is 1.86. The average Bonchev–Trinajstić information content (AvgIpc) is 3.07. The van der Waals surface area contributed by atoms with Gasteiger partial charge in [-0.2, -0.15) is 0 Å². The summed E-state index contributed by atoms with van der Waals surface area (Å²) in [7, 11) is 1.80. The number of halogens is 2. The molecule has 0 saturated carbocycles. The van der Waals surface area contributed by atoms with Crippen molar-refractivity contribution < 1.29 is 4.74 Å². The molecule has 2 N–H and O–H groups in total. The first-order chi connectivity index (χ1) is 11.7. The number of hydrogen-bond acceptors (Lipinski definition) is 2. The Bertz CT molecular complexity index is 719. The van der Waals surface area contributed by atoms with Crippen LogP contribution >= 0.6 is 39.9 Å². The second-order valence-corrected chi connectivity index (χ2v) is 6.69. The summed E-state index contributed by atoms with van der Waals surface area (Å²) >= 11 is 3.45. The fourth-order valence-corrected chi connectivity index (χ4v) is 2.99. The monoisotopic (exact) mass is 515 g/mol. The predicted molar refractivity (Wildman–Crippen MR) is 117 cm³/mol. The highest BCUT2D eigenvalue weighted by atomic mass is 127. The molecule has 3 rings (SSSR count). The number of fused-ring (bicyclic) bond motifs is 1. The van der Waals surface area contributed by atoms with Crippen LogP contribution in [0.15, 0.2) is 51.9 Å². The smallest absolute Gasteiger partial charge is 0.191 e. The maximum Gasteiger partial charge on any atom is 0.191 e. The van der Waals surface area contributed by atoms with E-state index in [0.717, 1.165) is 48.7 Å². The zero-order valence-corrected chi connectivity index (χ0v) is 18.1. The summed E-state index contributed by atoms with van der Waals surface area (Å²) in [5.41, 5.74) is 3.88. The van der Waals surface area contributed by atoms with Crippen molar-refractivity contribution in [2.24, 2.45) is 4.99 Å². The van der Waals surface area contributed by atoms with Gasteiger partial charge in [0.25, 0.3) is 0 Å². The Hall–Kier alpha value is -1.28. The molecule has 0 radical (unpaired) electrons. The zero-order chi connectivity index (χ0) is 16.8. The lowest BCUT2D eigenvalue weighted by atomic mass is 10.1. The Morgan fingerprint density at radius 1 is 1.12 bits per heavy atom. The molecule has 4 nitrogen and oxygen atoms in total. The second kappa shape index (κ2) is 10.0. The summed E-state index contributed by atoms with van der Waals surface area (Å²) in [4.78, 5) is 4.27. The molecule has 0 bridgehead atoms. The molecule has 2 aromatic rings. The van der Waals surface area contributed by atoms with Crippen LogP contribution in [0.2, 0.25) is 0 Å². The van der Waals surface area contributed by atoms with Crippen LogP contribution in [0.25, 0.3) is 0 Å². The van der Waals surface area contributed by atoms with E-state index in [1.54, 1.807) is 7.05 Å². The standard InChI is InChI=1S/C19H22BrN3O.HI/c1-21-19(23-13-15-2-5-17(20)6-3-15)22-10-8-14-4-7-18-16(12-14)9-11-24-18;/h2-7,12H,8-11,13H2,1H3,(H2,21,22,23);1H. The highest BCUT2D eigenvalue weighted by Gasteiger charge is 2.11. The lowest BCUT2D eigenvalue weighted by Crippen LogP contribution is -2.37. The van der Waals surface area contributed by atoms with Crippen LogP contribution in [0.4, 0.5) is 0 Å². The molecule has 0 aromatic heterocycles. The Morgan fingerprint density at radius 2 is 1.88 bits per heavy atom. The van der Waals surface area contributed by atoms with Gasteiger partial charge in [-0.25, -0.2) is 0 Å². The third-order valence-corrected chi connectivity index (χ3v) is 4.59. The molecule has 1 aliphatic heterocycles. The summed E-state index contributed by atoms with van der Waals surface area (Å²) in [6.45, 7) is 2.41. The molecule has 0 saturated heterocycles. The molecule has 0 unspecified atom stereocenters. The molecule has 1 heterocycles. The van der Waals surface area contributed by atoms with Crippen molar-refractivity contribution in [2.45, 2.75) is 19.4 Å². The van der Waals surface area contributed by atoms with Crippen molar-refractivity contribution in [1.82, 2.24) is 10.6 Å². The highest BCUT2D eigenvalue weighted by Crippen LogP contribution is 2.25. The van der Waals surface area contributed by atoms with Gasteiger partial charge < -0.3 is 15.4 Å². The van der Waals surface area contributed by atoms with E-state index >= 15 is 0 Å². The van der Waals surface area contributed by atoms with Gasteiger partial charge >= 0.3 is 0 Å². The topological polar surface area (TPSA) is 45.7 Å². The van der Waals surface area contributed by atoms with Crippen molar-refractivity contribution in [3.05, 3.63) is 63.6 Å². The lowest BCUT2D eigenvalue weighted by molar-refractivity contribution is 0.357. The van der Waals surface area contributed by atoms with E-state index in [4.69, 9.17) is 4.74 Å². The van der Waals surface area contributed by atoms with E-state index < -0.39 is 0 Å². The van der Waals surface area contributed by atoms with Gasteiger partial charge in [0.05, 0.1) is 6.61 Å². The molecular weight excluding hydrogens is 493 g/mol. The minimum Gasteiger partial charge on any atom is -0.493 e. The summed E-state index contributed by atoms with van der Waals surface area (Å²) in [6, 6.07) is 14.8. The van der Waals surface area contributed by atoms with Crippen LogP contribution in [0.3, 0.4) is 0 Å². The number of rotatable bonds is 5. The number of ether oxygens (including phenoxy) is 1. The molecule has 0 spiro atoms. The number of nitrogens with one attached hydrogen (secondary N) is 2. The summed E-state index contributed by atoms with van der Waals surface area (Å²) < 4.78 is 6.64. The number of nitrogens with zero attached hydrogens (tertiary/aromatic N) is 1. The molecule has 0 fully saturated rings. The van der Waals surface area contributed by atoms with Gasteiger partial charge in [-0.1, -0.05) is 40.2 Å². The van der Waals surface area contributed by atoms with E-state index in [-0.39, 0.29) is 24.0 Å². The SMILES string of the molecule is CN=C(NCCc1ccc2c(c1)CCO2)NCc1ccc(Br)cc1.I. The number of guanidine groups is 1. The molecule has 25 heavy (non-hydrogen) atoms. The van der Waals surface area contributed by atoms with E-state index in [0.29, 0.717) is 0 Å². The Morgan fingerprint density at radius 3 is 2.64 bits per heavy atom. The fraction of sp³-hybridized carbons (Fsp3) is 0.316. The van der Waals surface area contributed by atoms with Gasteiger partial charge in [-0.05, 0) is 41.3 Å². The highest BCUT2D eigenvalue weighted by molar-refractivity contribution is 14.0. The zero-order valence-electron chi connectivity index (χ0n) is 14.2. The van der Waals surface area contributed by atoms with Gasteiger partial charge in [0, 0.05) is 31.0 Å². The molecule has 6 heteroatoms. The van der Waals surface area contributed by atoms with Gasteiger partial charge in [0.15, 0.2) is 5.96 Å². The van der Waals surface area contributed by atoms with Gasteiger partial charge in [0.2, 0.25) is 0 Å². The molecule has 0 amide bonds. The van der Waals surface area contributed by atoms with E-state index in [1.807, 2.05) is 12.1 Å². The first kappa shape index (κ1) is 20.0. The largest absolute Gasteiger partial charge is 0.493 e. The molecule has 2 aromatic carbocycles. The Labute approximate surface area is 174 Å². The van der Waals surface area contributed by atoms with Crippen LogP contribution in [0, 0.1) is 0 Å². The fourth-order valence-electron chi connectivity index (χ4n) is 2.73. The van der Waals surface area contributed by atoms with Crippen LogP contribution in [-0.2, 0) is 19.4 Å². The Balaban J connectivity index is 0.00000225. The molecule has 134 valence electrons. The molecular formula is C19H23BrIN3O. The minimum atomic E-state index is 0. The van der Waals surface area contributed by atoms with Gasteiger partial charge in [-0.15, -0.1) is 24.0 Å². The predicted octanol–water partition coefficient (Wildman–Crippen LogP) is 3.91. The van der Waals surface area contributed by atoms with Crippen LogP contribution < -0.4 is 15.4 Å². The third-order valence-electron chi connectivity index (χ3n) is 4.06. The molecule has 0 aliphatic carbocycles. The maximum absolute atomic E-state index is 5.55. The number of hydrogen-bond donors (Lipinski definition) is 2. The van der Waals surface area contributed by atoms with Gasteiger partial charge in [-0.3, -0.25) is 4.99 Å². The minimum absolute atomic E-state index is 0. The normalized spacial score (nSPS) is 12.8. The molecule has 0 atom stereocenters. The lowest BCUT2D eigenvalue weighted by Gasteiger charge is -2.12. The second-order valence-electron chi connectivity index (χ2n) is 5.77.